The van der Waals surface area contributed by atoms with Crippen LogP contribution >= 0.6 is 23.2 Å². The summed E-state index contributed by atoms with van der Waals surface area (Å²) in [5.41, 5.74) is 6.09. The van der Waals surface area contributed by atoms with E-state index in [1.54, 1.807) is 13.0 Å². The fraction of sp³-hybridized carbons (Fsp3) is 0.182. The van der Waals surface area contributed by atoms with Gasteiger partial charge in [0.15, 0.2) is 0 Å². The highest BCUT2D eigenvalue weighted by Gasteiger charge is 2.22. The molecule has 0 saturated heterocycles. The molecule has 2 rings (SSSR count). The van der Waals surface area contributed by atoms with Crippen LogP contribution < -0.4 is 10.5 Å². The van der Waals surface area contributed by atoms with Gasteiger partial charge in [-0.3, -0.25) is 0 Å². The zero-order valence-electron chi connectivity index (χ0n) is 10.4. The highest BCUT2D eigenvalue weighted by atomic mass is 35.5. The number of nitrogen functional groups attached to an aromatic ring is 1. The van der Waals surface area contributed by atoms with Gasteiger partial charge in [0.1, 0.15) is 10.7 Å². The van der Waals surface area contributed by atoms with Gasteiger partial charge in [-0.2, -0.15) is 0 Å². The lowest BCUT2D eigenvalue weighted by Crippen LogP contribution is -2.24. The van der Waals surface area contributed by atoms with Crippen molar-refractivity contribution < 1.29 is 12.9 Å². The zero-order valence-corrected chi connectivity index (χ0v) is 12.7. The van der Waals surface area contributed by atoms with E-state index in [4.69, 9.17) is 33.5 Å². The molecule has 0 bridgehead atoms. The average molecular weight is 336 g/mol. The Morgan fingerprint density at radius 2 is 2.05 bits per heavy atom. The number of rotatable bonds is 4. The third kappa shape index (κ3) is 3.24. The van der Waals surface area contributed by atoms with Crippen molar-refractivity contribution >= 4 is 38.9 Å². The van der Waals surface area contributed by atoms with Crippen LogP contribution in [-0.4, -0.2) is 13.6 Å². The first-order chi connectivity index (χ1) is 9.29. The van der Waals surface area contributed by atoms with Gasteiger partial charge in [-0.15, -0.1) is 0 Å². The van der Waals surface area contributed by atoms with Crippen molar-refractivity contribution in [3.05, 3.63) is 39.7 Å². The first kappa shape index (κ1) is 15.1. The molecule has 0 amide bonds. The Bertz CT molecular complexity index is 720. The number of nitrogens with one attached hydrogen (secondary N) is 1. The molecule has 108 valence electrons. The molecule has 0 radical (unpaired) electrons. The van der Waals surface area contributed by atoms with Crippen LogP contribution in [0.5, 0.6) is 0 Å². The first-order valence-electron chi connectivity index (χ1n) is 5.46. The van der Waals surface area contributed by atoms with E-state index in [2.05, 4.69) is 9.88 Å². The quantitative estimate of drug-likeness (QED) is 0.835. The first-order valence-corrected chi connectivity index (χ1v) is 7.70. The van der Waals surface area contributed by atoms with Crippen molar-refractivity contribution in [3.63, 3.8) is 0 Å². The number of nitrogens with zero attached hydrogens (tertiary/aromatic N) is 1. The second-order valence-corrected chi connectivity index (χ2v) is 6.61. The Labute approximate surface area is 125 Å². The summed E-state index contributed by atoms with van der Waals surface area (Å²) >= 11 is 11.6. The van der Waals surface area contributed by atoms with Crippen LogP contribution in [0.25, 0.3) is 0 Å². The fourth-order valence-electron chi connectivity index (χ4n) is 1.61. The molecular weight excluding hydrogens is 325 g/mol. The van der Waals surface area contributed by atoms with E-state index in [1.165, 1.54) is 12.1 Å². The molecule has 0 aliphatic rings. The van der Waals surface area contributed by atoms with Crippen LogP contribution in [0, 0.1) is 6.92 Å². The Morgan fingerprint density at radius 3 is 2.60 bits per heavy atom. The van der Waals surface area contributed by atoms with Crippen LogP contribution in [0.1, 0.15) is 11.5 Å². The van der Waals surface area contributed by atoms with E-state index in [0.717, 1.165) is 0 Å². The molecule has 6 nitrogen and oxygen atoms in total. The molecular formula is C11H11Cl2N3O3S. The molecule has 0 spiro atoms. The highest BCUT2D eigenvalue weighted by molar-refractivity contribution is 7.89. The van der Waals surface area contributed by atoms with Crippen LogP contribution in [0.2, 0.25) is 10.0 Å². The second kappa shape index (κ2) is 5.61. The Kier molecular flexibility index (Phi) is 4.24. The lowest BCUT2D eigenvalue weighted by Gasteiger charge is -2.10. The van der Waals surface area contributed by atoms with Gasteiger partial charge in [0, 0.05) is 11.1 Å². The van der Waals surface area contributed by atoms with Gasteiger partial charge in [0.25, 0.3) is 0 Å². The minimum absolute atomic E-state index is 0.0219. The molecule has 1 heterocycles. The predicted molar refractivity (Wildman–Crippen MR) is 76.1 cm³/mol. The number of aromatic nitrogens is 1. The van der Waals surface area contributed by atoms with E-state index in [-0.39, 0.29) is 27.2 Å². The van der Waals surface area contributed by atoms with Crippen LogP contribution in [0.15, 0.2) is 27.6 Å². The zero-order chi connectivity index (χ0) is 14.9. The molecule has 0 aliphatic carbocycles. The van der Waals surface area contributed by atoms with Crippen molar-refractivity contribution in [2.24, 2.45) is 0 Å². The van der Waals surface area contributed by atoms with Crippen molar-refractivity contribution in [3.8, 4) is 0 Å². The van der Waals surface area contributed by atoms with E-state index < -0.39 is 10.0 Å². The van der Waals surface area contributed by atoms with Gasteiger partial charge in [-0.1, -0.05) is 28.4 Å². The minimum atomic E-state index is -3.87. The normalized spacial score (nSPS) is 11.8. The van der Waals surface area contributed by atoms with Crippen molar-refractivity contribution in [2.45, 2.75) is 18.4 Å². The van der Waals surface area contributed by atoms with Crippen molar-refractivity contribution in [2.75, 3.05) is 5.73 Å². The topological polar surface area (TPSA) is 98.2 Å². The molecule has 1 aromatic carbocycles. The number of hydrogen-bond donors (Lipinski definition) is 2. The third-order valence-corrected chi connectivity index (χ3v) is 4.57. The monoisotopic (exact) mass is 335 g/mol. The van der Waals surface area contributed by atoms with E-state index >= 15 is 0 Å². The smallest absolute Gasteiger partial charge is 0.244 e. The molecule has 2 aromatic rings. The number of anilines is 1. The average Bonchev–Trinajstić information content (AvgIpc) is 2.71. The predicted octanol–water partition coefficient (Wildman–Crippen LogP) is 2.35. The Balaban J connectivity index is 2.27. The summed E-state index contributed by atoms with van der Waals surface area (Å²) in [5, 5.41) is 3.90. The van der Waals surface area contributed by atoms with Crippen LogP contribution in [0.4, 0.5) is 5.69 Å². The van der Waals surface area contributed by atoms with E-state index in [0.29, 0.717) is 11.5 Å². The molecule has 0 atom stereocenters. The summed E-state index contributed by atoms with van der Waals surface area (Å²) in [7, 11) is -3.87. The maximum Gasteiger partial charge on any atom is 0.244 e. The largest absolute Gasteiger partial charge is 0.398 e. The van der Waals surface area contributed by atoms with Gasteiger partial charge >= 0.3 is 0 Å². The standard InChI is InChI=1S/C11H11Cl2N3O3S/c1-6-2-8(16-19-6)5-15-20(17,18)11-9(13)3-7(12)4-10(11)14/h2-4,15H,5,14H2,1H3. The maximum absolute atomic E-state index is 12.2. The number of benzene rings is 1. The SMILES string of the molecule is Cc1cc(CNS(=O)(=O)c2c(N)cc(Cl)cc2Cl)no1. The van der Waals surface area contributed by atoms with E-state index in [9.17, 15) is 8.42 Å². The summed E-state index contributed by atoms with van der Waals surface area (Å²) in [5.74, 6) is 0.586. The van der Waals surface area contributed by atoms with Crippen molar-refractivity contribution in [1.82, 2.24) is 9.88 Å². The van der Waals surface area contributed by atoms with Crippen molar-refractivity contribution in [1.29, 1.82) is 0 Å². The second-order valence-electron chi connectivity index (χ2n) is 4.06. The molecule has 0 saturated carbocycles. The molecule has 0 aliphatic heterocycles. The Morgan fingerprint density at radius 1 is 1.35 bits per heavy atom. The third-order valence-electron chi connectivity index (χ3n) is 2.43. The van der Waals surface area contributed by atoms with Crippen LogP contribution in [-0.2, 0) is 16.6 Å². The lowest BCUT2D eigenvalue weighted by molar-refractivity contribution is 0.390. The number of aryl methyl sites for hydroxylation is 1. The van der Waals surface area contributed by atoms with Gasteiger partial charge in [-0.05, 0) is 19.1 Å². The molecule has 0 unspecified atom stereocenters. The van der Waals surface area contributed by atoms with Gasteiger partial charge in [-0.25, -0.2) is 13.1 Å². The maximum atomic E-state index is 12.2. The molecule has 0 fully saturated rings. The number of sulfonamides is 1. The number of hydrogen-bond acceptors (Lipinski definition) is 5. The number of halogens is 2. The molecule has 9 heteroatoms. The van der Waals surface area contributed by atoms with Gasteiger partial charge < -0.3 is 10.3 Å². The molecule has 1 aromatic heterocycles. The Hall–Kier alpha value is -1.28. The summed E-state index contributed by atoms with van der Waals surface area (Å²) in [4.78, 5) is -0.205. The summed E-state index contributed by atoms with van der Waals surface area (Å²) < 4.78 is 31.6. The lowest BCUT2D eigenvalue weighted by atomic mass is 10.3. The van der Waals surface area contributed by atoms with E-state index in [1.807, 2.05) is 0 Å². The summed E-state index contributed by atoms with van der Waals surface area (Å²) in [6.07, 6.45) is 0. The van der Waals surface area contributed by atoms with Gasteiger partial charge in [0.05, 0.1) is 22.9 Å². The fourth-order valence-corrected chi connectivity index (χ4v) is 3.59. The van der Waals surface area contributed by atoms with Crippen LogP contribution in [0.3, 0.4) is 0 Å². The minimum Gasteiger partial charge on any atom is -0.398 e. The molecule has 20 heavy (non-hydrogen) atoms. The van der Waals surface area contributed by atoms with Gasteiger partial charge in [0.2, 0.25) is 10.0 Å². The highest BCUT2D eigenvalue weighted by Crippen LogP contribution is 2.31. The summed E-state index contributed by atoms with van der Waals surface area (Å²) in [6, 6.07) is 4.26. The summed E-state index contributed by atoms with van der Waals surface area (Å²) in [6.45, 7) is 1.68. The molecule has 3 N–H and O–H groups in total. The number of nitrogens with two attached hydrogens (primary N) is 1.